The molecule has 0 saturated carbocycles. The van der Waals surface area contributed by atoms with E-state index in [0.29, 0.717) is 16.3 Å². The van der Waals surface area contributed by atoms with E-state index < -0.39 is 6.10 Å². The fraction of sp³-hybridized carbons (Fsp3) is 0.154. The Bertz CT molecular complexity index is 586. The molecule has 4 nitrogen and oxygen atoms in total. The van der Waals surface area contributed by atoms with Crippen LogP contribution in [0, 0.1) is 0 Å². The van der Waals surface area contributed by atoms with Crippen molar-refractivity contribution in [1.82, 2.24) is 10.3 Å². The van der Waals surface area contributed by atoms with Crippen LogP contribution in [-0.2, 0) is 0 Å². The van der Waals surface area contributed by atoms with Crippen molar-refractivity contribution >= 4 is 33.4 Å². The van der Waals surface area contributed by atoms with Crippen LogP contribution in [0.2, 0.25) is 5.02 Å². The molecule has 100 valence electrons. The fourth-order valence-electron chi connectivity index (χ4n) is 1.64. The number of carbonyl (C=O) groups is 1. The molecule has 1 amide bonds. The van der Waals surface area contributed by atoms with Gasteiger partial charge in [0, 0.05) is 27.8 Å². The summed E-state index contributed by atoms with van der Waals surface area (Å²) in [6.07, 6.45) is 0.829. The third-order valence-electron chi connectivity index (χ3n) is 2.61. The van der Waals surface area contributed by atoms with Gasteiger partial charge in [-0.05, 0) is 28.1 Å². The maximum atomic E-state index is 11.8. The maximum absolute atomic E-state index is 11.8. The quantitative estimate of drug-likeness (QED) is 0.799. The minimum atomic E-state index is -0.837. The van der Waals surface area contributed by atoms with Crippen molar-refractivity contribution in [1.29, 1.82) is 0 Å². The van der Waals surface area contributed by atoms with Crippen LogP contribution >= 0.6 is 27.5 Å². The van der Waals surface area contributed by atoms with Crippen molar-refractivity contribution in [3.8, 4) is 0 Å². The summed E-state index contributed by atoms with van der Waals surface area (Å²) in [6.45, 7) is 0.0964. The lowest BCUT2D eigenvalue weighted by Gasteiger charge is -2.13. The van der Waals surface area contributed by atoms with E-state index in [1.54, 1.807) is 36.5 Å². The Morgan fingerprint density at radius 1 is 1.47 bits per heavy atom. The summed E-state index contributed by atoms with van der Waals surface area (Å²) < 4.78 is 0.796. The summed E-state index contributed by atoms with van der Waals surface area (Å²) in [5.74, 6) is -0.281. The lowest BCUT2D eigenvalue weighted by molar-refractivity contribution is 0.0912. The number of aromatic amines is 1. The van der Waals surface area contributed by atoms with Gasteiger partial charge in [0.25, 0.3) is 5.91 Å². The molecule has 3 N–H and O–H groups in total. The first-order valence-electron chi connectivity index (χ1n) is 5.62. The average molecular weight is 344 g/mol. The number of carbonyl (C=O) groups excluding carboxylic acids is 1. The minimum absolute atomic E-state index is 0.0964. The number of hydrogen-bond donors (Lipinski definition) is 3. The third-order valence-corrected chi connectivity index (χ3v) is 3.41. The van der Waals surface area contributed by atoms with Crippen molar-refractivity contribution < 1.29 is 9.90 Å². The minimum Gasteiger partial charge on any atom is -0.387 e. The average Bonchev–Trinajstić information content (AvgIpc) is 2.83. The molecule has 2 aromatic rings. The molecule has 19 heavy (non-hydrogen) atoms. The Morgan fingerprint density at radius 3 is 2.84 bits per heavy atom. The molecule has 0 spiro atoms. The van der Waals surface area contributed by atoms with Crippen LogP contribution in [0.15, 0.2) is 41.0 Å². The van der Waals surface area contributed by atoms with Crippen molar-refractivity contribution in [2.24, 2.45) is 0 Å². The Balaban J connectivity index is 1.96. The second-order valence-corrected chi connectivity index (χ2v) is 5.30. The van der Waals surface area contributed by atoms with Crippen LogP contribution in [0.25, 0.3) is 0 Å². The zero-order valence-electron chi connectivity index (χ0n) is 9.86. The number of rotatable bonds is 4. The van der Waals surface area contributed by atoms with Crippen LogP contribution < -0.4 is 5.32 Å². The van der Waals surface area contributed by atoms with Gasteiger partial charge in [-0.15, -0.1) is 0 Å². The van der Waals surface area contributed by atoms with E-state index in [1.165, 1.54) is 0 Å². The molecule has 0 aliphatic heterocycles. The number of hydrogen-bond acceptors (Lipinski definition) is 2. The molecule has 6 heteroatoms. The second kappa shape index (κ2) is 6.23. The van der Waals surface area contributed by atoms with Gasteiger partial charge in [-0.1, -0.05) is 29.8 Å². The smallest absolute Gasteiger partial charge is 0.267 e. The normalized spacial score (nSPS) is 12.2. The lowest BCUT2D eigenvalue weighted by Crippen LogP contribution is -2.28. The SMILES string of the molecule is O=C(NCC(O)c1ccccc1Cl)c1cc(Br)c[nH]1. The highest BCUT2D eigenvalue weighted by Crippen LogP contribution is 2.21. The number of aliphatic hydroxyl groups is 1. The van der Waals surface area contributed by atoms with Gasteiger partial charge in [-0.25, -0.2) is 0 Å². The van der Waals surface area contributed by atoms with Crippen LogP contribution in [0.5, 0.6) is 0 Å². The van der Waals surface area contributed by atoms with Gasteiger partial charge in [0.05, 0.1) is 6.10 Å². The number of H-pyrrole nitrogens is 1. The van der Waals surface area contributed by atoms with E-state index in [2.05, 4.69) is 26.2 Å². The predicted molar refractivity (Wildman–Crippen MR) is 77.2 cm³/mol. The van der Waals surface area contributed by atoms with E-state index in [9.17, 15) is 9.90 Å². The number of aliphatic hydroxyl groups excluding tert-OH is 1. The van der Waals surface area contributed by atoms with E-state index >= 15 is 0 Å². The van der Waals surface area contributed by atoms with E-state index in [-0.39, 0.29) is 12.5 Å². The molecular weight excluding hydrogens is 332 g/mol. The summed E-state index contributed by atoms with van der Waals surface area (Å²) >= 11 is 9.22. The Morgan fingerprint density at radius 2 is 2.21 bits per heavy atom. The number of nitrogens with one attached hydrogen (secondary N) is 2. The first-order valence-corrected chi connectivity index (χ1v) is 6.79. The monoisotopic (exact) mass is 342 g/mol. The molecule has 1 heterocycles. The van der Waals surface area contributed by atoms with Gasteiger partial charge >= 0.3 is 0 Å². The first-order chi connectivity index (χ1) is 9.08. The topological polar surface area (TPSA) is 65.1 Å². The summed E-state index contributed by atoms with van der Waals surface area (Å²) in [7, 11) is 0. The lowest BCUT2D eigenvalue weighted by atomic mass is 10.1. The Hall–Kier alpha value is -1.30. The molecule has 0 bridgehead atoms. The van der Waals surface area contributed by atoms with Gasteiger partial charge < -0.3 is 15.4 Å². The van der Waals surface area contributed by atoms with Gasteiger partial charge in [0.1, 0.15) is 5.69 Å². The van der Waals surface area contributed by atoms with Crippen LogP contribution in [0.3, 0.4) is 0 Å². The number of aromatic nitrogens is 1. The molecule has 1 aromatic carbocycles. The summed E-state index contributed by atoms with van der Waals surface area (Å²) in [4.78, 5) is 14.6. The summed E-state index contributed by atoms with van der Waals surface area (Å²) in [5, 5.41) is 13.1. The molecule has 0 aliphatic rings. The molecule has 1 aromatic heterocycles. The highest BCUT2D eigenvalue weighted by Gasteiger charge is 2.13. The van der Waals surface area contributed by atoms with E-state index in [4.69, 9.17) is 11.6 Å². The first kappa shape index (κ1) is 14.1. The van der Waals surface area contributed by atoms with Crippen LogP contribution in [0.1, 0.15) is 22.2 Å². The Labute approximate surface area is 123 Å². The molecule has 2 rings (SSSR count). The Kier molecular flexibility index (Phi) is 4.63. The van der Waals surface area contributed by atoms with Crippen molar-refractivity contribution in [2.75, 3.05) is 6.54 Å². The highest BCUT2D eigenvalue weighted by molar-refractivity contribution is 9.10. The summed E-state index contributed by atoms with van der Waals surface area (Å²) in [6, 6.07) is 8.66. The third kappa shape index (κ3) is 3.59. The molecular formula is C13H12BrClN2O2. The summed E-state index contributed by atoms with van der Waals surface area (Å²) in [5.41, 5.74) is 1.02. The van der Waals surface area contributed by atoms with Crippen LogP contribution in [-0.4, -0.2) is 22.5 Å². The van der Waals surface area contributed by atoms with E-state index in [1.807, 2.05) is 0 Å². The molecule has 0 radical (unpaired) electrons. The molecule has 0 aliphatic carbocycles. The van der Waals surface area contributed by atoms with Crippen molar-refractivity contribution in [3.63, 3.8) is 0 Å². The second-order valence-electron chi connectivity index (χ2n) is 3.98. The highest BCUT2D eigenvalue weighted by atomic mass is 79.9. The fourth-order valence-corrected chi connectivity index (χ4v) is 2.24. The predicted octanol–water partition coefficient (Wildman–Crippen LogP) is 2.89. The number of benzene rings is 1. The van der Waals surface area contributed by atoms with Gasteiger partial charge in [-0.3, -0.25) is 4.79 Å². The van der Waals surface area contributed by atoms with E-state index in [0.717, 1.165) is 4.47 Å². The van der Waals surface area contributed by atoms with Gasteiger partial charge in [-0.2, -0.15) is 0 Å². The number of halogens is 2. The van der Waals surface area contributed by atoms with Crippen molar-refractivity contribution in [2.45, 2.75) is 6.10 Å². The zero-order valence-corrected chi connectivity index (χ0v) is 12.2. The number of amides is 1. The molecule has 0 saturated heterocycles. The molecule has 1 unspecified atom stereocenters. The standard InChI is InChI=1S/C13H12BrClN2O2/c14-8-5-11(16-6-8)13(19)17-7-12(18)9-3-1-2-4-10(9)15/h1-6,12,16,18H,7H2,(H,17,19). The van der Waals surface area contributed by atoms with Crippen LogP contribution in [0.4, 0.5) is 0 Å². The van der Waals surface area contributed by atoms with Gasteiger partial charge in [0.15, 0.2) is 0 Å². The zero-order chi connectivity index (χ0) is 13.8. The molecule has 0 fully saturated rings. The molecule has 1 atom stereocenters. The maximum Gasteiger partial charge on any atom is 0.267 e. The van der Waals surface area contributed by atoms with Crippen molar-refractivity contribution in [3.05, 3.63) is 57.3 Å². The van der Waals surface area contributed by atoms with Gasteiger partial charge in [0.2, 0.25) is 0 Å². The largest absolute Gasteiger partial charge is 0.387 e.